The van der Waals surface area contributed by atoms with E-state index in [1.165, 1.54) is 12.1 Å². The first-order valence-electron chi connectivity index (χ1n) is 6.09. The molecule has 2 aromatic heterocycles. The summed E-state index contributed by atoms with van der Waals surface area (Å²) in [6.07, 6.45) is 0. The molecule has 0 bridgehead atoms. The van der Waals surface area contributed by atoms with E-state index in [-0.39, 0.29) is 17.6 Å². The number of hydrogen-bond acceptors (Lipinski definition) is 4. The SMILES string of the molecule is Cc1cc(C(C)NC(=O)c2ccc(C(=O)O)o2)c(C)o1. The van der Waals surface area contributed by atoms with E-state index in [9.17, 15) is 9.59 Å². The summed E-state index contributed by atoms with van der Waals surface area (Å²) >= 11 is 0. The van der Waals surface area contributed by atoms with Crippen molar-refractivity contribution < 1.29 is 23.5 Å². The Kier molecular flexibility index (Phi) is 3.65. The Hall–Kier alpha value is -2.50. The molecular formula is C14H15NO5. The number of carbonyl (C=O) groups excluding carboxylic acids is 1. The second-order valence-electron chi connectivity index (χ2n) is 4.53. The highest BCUT2D eigenvalue weighted by molar-refractivity contribution is 5.93. The Balaban J connectivity index is 2.10. The average Bonchev–Trinajstić information content (AvgIpc) is 2.95. The lowest BCUT2D eigenvalue weighted by Crippen LogP contribution is -2.26. The van der Waals surface area contributed by atoms with Gasteiger partial charge in [0.15, 0.2) is 5.76 Å². The molecule has 2 rings (SSSR count). The first-order valence-corrected chi connectivity index (χ1v) is 6.09. The van der Waals surface area contributed by atoms with E-state index < -0.39 is 11.9 Å². The van der Waals surface area contributed by atoms with Crippen molar-refractivity contribution in [3.8, 4) is 0 Å². The van der Waals surface area contributed by atoms with Crippen molar-refractivity contribution in [3.63, 3.8) is 0 Å². The maximum absolute atomic E-state index is 12.0. The van der Waals surface area contributed by atoms with Crippen molar-refractivity contribution in [2.24, 2.45) is 0 Å². The van der Waals surface area contributed by atoms with Crippen molar-refractivity contribution in [3.05, 3.63) is 46.8 Å². The number of furan rings is 2. The fourth-order valence-electron chi connectivity index (χ4n) is 2.00. The molecule has 0 fully saturated rings. The van der Waals surface area contributed by atoms with Crippen LogP contribution in [0.3, 0.4) is 0 Å². The molecule has 0 aromatic carbocycles. The number of rotatable bonds is 4. The van der Waals surface area contributed by atoms with Gasteiger partial charge in [-0.15, -0.1) is 0 Å². The van der Waals surface area contributed by atoms with Crippen molar-refractivity contribution in [1.29, 1.82) is 0 Å². The maximum atomic E-state index is 12.0. The first kappa shape index (κ1) is 13.9. The summed E-state index contributed by atoms with van der Waals surface area (Å²) in [6, 6.07) is 4.16. The molecule has 6 heteroatoms. The Morgan fingerprint density at radius 2 is 1.85 bits per heavy atom. The normalized spacial score (nSPS) is 12.2. The summed E-state index contributed by atoms with van der Waals surface area (Å²) in [4.78, 5) is 22.6. The van der Waals surface area contributed by atoms with Crippen LogP contribution in [0.15, 0.2) is 27.0 Å². The van der Waals surface area contributed by atoms with Gasteiger partial charge in [-0.1, -0.05) is 0 Å². The predicted molar refractivity (Wildman–Crippen MR) is 69.7 cm³/mol. The topological polar surface area (TPSA) is 92.7 Å². The van der Waals surface area contributed by atoms with Gasteiger partial charge in [0, 0.05) is 5.56 Å². The minimum Gasteiger partial charge on any atom is -0.475 e. The molecule has 106 valence electrons. The quantitative estimate of drug-likeness (QED) is 0.896. The van der Waals surface area contributed by atoms with Crippen LogP contribution in [0.5, 0.6) is 0 Å². The van der Waals surface area contributed by atoms with E-state index in [4.69, 9.17) is 13.9 Å². The molecule has 1 unspecified atom stereocenters. The van der Waals surface area contributed by atoms with Gasteiger partial charge in [0.25, 0.3) is 5.91 Å². The van der Waals surface area contributed by atoms with Crippen LogP contribution in [0.2, 0.25) is 0 Å². The van der Waals surface area contributed by atoms with Crippen LogP contribution in [-0.2, 0) is 0 Å². The number of hydrogen-bond donors (Lipinski definition) is 2. The largest absolute Gasteiger partial charge is 0.475 e. The number of aryl methyl sites for hydroxylation is 2. The van der Waals surface area contributed by atoms with Crippen LogP contribution in [0.4, 0.5) is 0 Å². The lowest BCUT2D eigenvalue weighted by Gasteiger charge is -2.11. The van der Waals surface area contributed by atoms with Gasteiger partial charge in [-0.25, -0.2) is 4.79 Å². The van der Waals surface area contributed by atoms with E-state index in [2.05, 4.69) is 5.32 Å². The number of carbonyl (C=O) groups is 2. The van der Waals surface area contributed by atoms with Crippen molar-refractivity contribution in [2.75, 3.05) is 0 Å². The zero-order chi connectivity index (χ0) is 14.9. The molecule has 0 saturated heterocycles. The van der Waals surface area contributed by atoms with E-state index in [1.54, 1.807) is 0 Å². The van der Waals surface area contributed by atoms with Crippen molar-refractivity contribution in [1.82, 2.24) is 5.32 Å². The molecule has 0 aliphatic heterocycles. The zero-order valence-electron chi connectivity index (χ0n) is 11.4. The lowest BCUT2D eigenvalue weighted by molar-refractivity contribution is 0.0659. The lowest BCUT2D eigenvalue weighted by atomic mass is 10.1. The Bertz CT molecular complexity index is 652. The van der Waals surface area contributed by atoms with Gasteiger partial charge in [-0.05, 0) is 39.0 Å². The third-order valence-electron chi connectivity index (χ3n) is 2.93. The molecule has 2 heterocycles. The smallest absolute Gasteiger partial charge is 0.371 e. The third kappa shape index (κ3) is 2.74. The number of aromatic carboxylic acids is 1. The third-order valence-corrected chi connectivity index (χ3v) is 2.93. The molecule has 1 atom stereocenters. The highest BCUT2D eigenvalue weighted by Crippen LogP contribution is 2.21. The molecule has 0 aliphatic carbocycles. The van der Waals surface area contributed by atoms with Gasteiger partial charge in [0.05, 0.1) is 6.04 Å². The van der Waals surface area contributed by atoms with Gasteiger partial charge in [0.1, 0.15) is 11.5 Å². The molecule has 0 radical (unpaired) electrons. The van der Waals surface area contributed by atoms with Gasteiger partial charge in [0.2, 0.25) is 5.76 Å². The second kappa shape index (κ2) is 5.24. The predicted octanol–water partition coefficient (Wildman–Crippen LogP) is 2.68. The first-order chi connectivity index (χ1) is 9.38. The van der Waals surface area contributed by atoms with Crippen molar-refractivity contribution >= 4 is 11.9 Å². The number of amides is 1. The fraction of sp³-hybridized carbons (Fsp3) is 0.286. The average molecular weight is 277 g/mol. The summed E-state index contributed by atoms with van der Waals surface area (Å²) in [5.74, 6) is -0.474. The van der Waals surface area contributed by atoms with Crippen LogP contribution in [0, 0.1) is 13.8 Å². The van der Waals surface area contributed by atoms with Crippen LogP contribution < -0.4 is 5.32 Å². The standard InChI is InChI=1S/C14H15NO5/c1-7-6-10(9(3)19-7)8(2)15-13(16)11-4-5-12(20-11)14(17)18/h4-6,8H,1-3H3,(H,15,16)(H,17,18). The number of carboxylic acids is 1. The Labute approximate surface area is 115 Å². The minimum absolute atomic E-state index is 0.0351. The highest BCUT2D eigenvalue weighted by Gasteiger charge is 2.19. The molecule has 6 nitrogen and oxygen atoms in total. The van der Waals surface area contributed by atoms with E-state index in [0.29, 0.717) is 0 Å². The van der Waals surface area contributed by atoms with E-state index >= 15 is 0 Å². The van der Waals surface area contributed by atoms with Crippen LogP contribution >= 0.6 is 0 Å². The van der Waals surface area contributed by atoms with E-state index in [0.717, 1.165) is 17.1 Å². The molecule has 0 saturated carbocycles. The molecule has 20 heavy (non-hydrogen) atoms. The van der Waals surface area contributed by atoms with Gasteiger partial charge in [-0.3, -0.25) is 4.79 Å². The highest BCUT2D eigenvalue weighted by atomic mass is 16.4. The second-order valence-corrected chi connectivity index (χ2v) is 4.53. The Morgan fingerprint density at radius 3 is 2.35 bits per heavy atom. The number of nitrogens with one attached hydrogen (secondary N) is 1. The summed E-state index contributed by atoms with van der Waals surface area (Å²) < 4.78 is 10.4. The number of carboxylic acid groups (broad SMARTS) is 1. The van der Waals surface area contributed by atoms with Crippen LogP contribution in [0.1, 0.15) is 51.2 Å². The summed E-state index contributed by atoms with van der Waals surface area (Å²) in [6.45, 7) is 5.47. The van der Waals surface area contributed by atoms with Gasteiger partial charge >= 0.3 is 5.97 Å². The molecule has 1 amide bonds. The van der Waals surface area contributed by atoms with Gasteiger partial charge < -0.3 is 19.3 Å². The van der Waals surface area contributed by atoms with Gasteiger partial charge in [-0.2, -0.15) is 0 Å². The zero-order valence-corrected chi connectivity index (χ0v) is 11.4. The fourth-order valence-corrected chi connectivity index (χ4v) is 2.00. The molecule has 2 N–H and O–H groups in total. The minimum atomic E-state index is -1.21. The van der Waals surface area contributed by atoms with Crippen LogP contribution in [0.25, 0.3) is 0 Å². The molecular weight excluding hydrogens is 262 g/mol. The summed E-state index contributed by atoms with van der Waals surface area (Å²) in [5.41, 5.74) is 0.876. The monoisotopic (exact) mass is 277 g/mol. The molecule has 0 spiro atoms. The van der Waals surface area contributed by atoms with Crippen LogP contribution in [-0.4, -0.2) is 17.0 Å². The molecule has 0 aliphatic rings. The maximum Gasteiger partial charge on any atom is 0.371 e. The molecule has 2 aromatic rings. The van der Waals surface area contributed by atoms with E-state index in [1.807, 2.05) is 26.8 Å². The van der Waals surface area contributed by atoms with Crippen molar-refractivity contribution in [2.45, 2.75) is 26.8 Å². The summed E-state index contributed by atoms with van der Waals surface area (Å²) in [7, 11) is 0. The Morgan fingerprint density at radius 1 is 1.20 bits per heavy atom. The summed E-state index contributed by atoms with van der Waals surface area (Å²) in [5, 5.41) is 11.5.